The predicted molar refractivity (Wildman–Crippen MR) is 97.1 cm³/mol. The number of hydrogen-bond acceptors (Lipinski definition) is 6. The Morgan fingerprint density at radius 3 is 2.56 bits per heavy atom. The fraction of sp³-hybridized carbons (Fsp3) is 0.500. The number of hydrogen-bond donors (Lipinski definition) is 1. The summed E-state index contributed by atoms with van der Waals surface area (Å²) in [5.41, 5.74) is 0.454. The molecule has 1 saturated heterocycles. The zero-order valence-corrected chi connectivity index (χ0v) is 15.9. The molecular formula is C18H21ClN2O6. The van der Waals surface area contributed by atoms with Crippen molar-refractivity contribution in [3.05, 3.63) is 17.2 Å². The highest BCUT2D eigenvalue weighted by Gasteiger charge is 2.38. The van der Waals surface area contributed by atoms with E-state index >= 15 is 0 Å². The molecule has 8 nitrogen and oxygen atoms in total. The Kier molecular flexibility index (Phi) is 5.74. The van der Waals surface area contributed by atoms with Crippen molar-refractivity contribution in [2.24, 2.45) is 5.92 Å². The molecule has 2 aliphatic rings. The molecule has 1 aliphatic carbocycles. The third-order valence-electron chi connectivity index (χ3n) is 4.49. The Hall–Kier alpha value is -2.48. The van der Waals surface area contributed by atoms with E-state index in [1.807, 2.05) is 0 Å². The number of esters is 1. The van der Waals surface area contributed by atoms with E-state index in [1.165, 1.54) is 19.1 Å². The smallest absolute Gasteiger partial charge is 0.311 e. The fourth-order valence-electron chi connectivity index (χ4n) is 2.90. The minimum atomic E-state index is -0.656. The van der Waals surface area contributed by atoms with E-state index in [0.29, 0.717) is 22.2 Å². The first kappa shape index (κ1) is 19.3. The molecule has 1 aliphatic heterocycles. The lowest BCUT2D eigenvalue weighted by atomic mass is 10.1. The number of benzene rings is 1. The molecule has 1 aromatic rings. The van der Waals surface area contributed by atoms with Crippen LogP contribution in [0.15, 0.2) is 12.1 Å². The lowest BCUT2D eigenvalue weighted by Gasteiger charge is -2.20. The van der Waals surface area contributed by atoms with Gasteiger partial charge in [0.15, 0.2) is 6.61 Å². The summed E-state index contributed by atoms with van der Waals surface area (Å²) in [7, 11) is 2.95. The monoisotopic (exact) mass is 396 g/mol. The second kappa shape index (κ2) is 8.04. The summed E-state index contributed by atoms with van der Waals surface area (Å²) in [4.78, 5) is 37.7. The minimum absolute atomic E-state index is 0.00409. The van der Waals surface area contributed by atoms with E-state index < -0.39 is 11.9 Å². The number of amides is 2. The van der Waals surface area contributed by atoms with Crippen LogP contribution in [-0.4, -0.2) is 51.2 Å². The molecular weight excluding hydrogens is 376 g/mol. The quantitative estimate of drug-likeness (QED) is 0.702. The molecule has 0 radical (unpaired) electrons. The molecule has 27 heavy (non-hydrogen) atoms. The summed E-state index contributed by atoms with van der Waals surface area (Å²) < 4.78 is 15.5. The number of carbonyl (C=O) groups is 3. The number of carbonyl (C=O) groups excluding carboxylic acids is 3. The van der Waals surface area contributed by atoms with Gasteiger partial charge in [0.2, 0.25) is 5.91 Å². The van der Waals surface area contributed by atoms with E-state index in [4.69, 9.17) is 25.8 Å². The number of nitrogens with zero attached hydrogens (tertiary/aromatic N) is 1. The molecule has 0 bridgehead atoms. The van der Waals surface area contributed by atoms with Gasteiger partial charge in [0.1, 0.15) is 11.5 Å². The lowest BCUT2D eigenvalue weighted by molar-refractivity contribution is -0.152. The summed E-state index contributed by atoms with van der Waals surface area (Å²) in [5, 5.41) is 3.06. The van der Waals surface area contributed by atoms with E-state index in [2.05, 4.69) is 5.32 Å². The average molecular weight is 397 g/mol. The van der Waals surface area contributed by atoms with Crippen LogP contribution in [0.25, 0.3) is 0 Å². The highest BCUT2D eigenvalue weighted by molar-refractivity contribution is 6.32. The molecule has 0 spiro atoms. The van der Waals surface area contributed by atoms with Gasteiger partial charge in [-0.1, -0.05) is 11.6 Å². The number of nitrogens with one attached hydrogen (secondary N) is 1. The van der Waals surface area contributed by atoms with Crippen molar-refractivity contribution in [3.8, 4) is 11.5 Å². The van der Waals surface area contributed by atoms with Gasteiger partial charge < -0.3 is 24.4 Å². The maximum Gasteiger partial charge on any atom is 0.311 e. The summed E-state index contributed by atoms with van der Waals surface area (Å²) in [5.74, 6) is -0.981. The van der Waals surface area contributed by atoms with Crippen LogP contribution in [0, 0.1) is 5.92 Å². The fourth-order valence-corrected chi connectivity index (χ4v) is 3.14. The molecule has 0 unspecified atom stereocenters. The third-order valence-corrected chi connectivity index (χ3v) is 4.79. The molecule has 3 rings (SSSR count). The van der Waals surface area contributed by atoms with E-state index in [1.54, 1.807) is 12.1 Å². The van der Waals surface area contributed by atoms with Crippen LogP contribution >= 0.6 is 11.6 Å². The van der Waals surface area contributed by atoms with Gasteiger partial charge in [0, 0.05) is 25.1 Å². The highest BCUT2D eigenvalue weighted by Crippen LogP contribution is 2.40. The number of methoxy groups -OCH3 is 2. The van der Waals surface area contributed by atoms with Gasteiger partial charge in [0.25, 0.3) is 5.91 Å². The van der Waals surface area contributed by atoms with Crippen LogP contribution in [-0.2, 0) is 19.1 Å². The number of rotatable bonds is 7. The molecule has 2 fully saturated rings. The van der Waals surface area contributed by atoms with Crippen molar-refractivity contribution in [2.45, 2.75) is 25.3 Å². The second-order valence-electron chi connectivity index (χ2n) is 6.51. The van der Waals surface area contributed by atoms with Crippen LogP contribution in [0.2, 0.25) is 5.02 Å². The van der Waals surface area contributed by atoms with Gasteiger partial charge in [-0.05, 0) is 18.9 Å². The predicted octanol–water partition coefficient (Wildman–Crippen LogP) is 1.53. The van der Waals surface area contributed by atoms with E-state index in [-0.39, 0.29) is 37.4 Å². The minimum Gasteiger partial charge on any atom is -0.495 e. The van der Waals surface area contributed by atoms with Gasteiger partial charge >= 0.3 is 5.97 Å². The molecule has 2 amide bonds. The summed E-state index contributed by atoms with van der Waals surface area (Å²) in [6.07, 6.45) is 1.91. The first-order chi connectivity index (χ1) is 12.9. The molecule has 1 saturated carbocycles. The number of halogens is 1. The van der Waals surface area contributed by atoms with Crippen LogP contribution in [0.4, 0.5) is 5.69 Å². The number of ether oxygens (including phenoxy) is 3. The van der Waals surface area contributed by atoms with Gasteiger partial charge in [-0.15, -0.1) is 0 Å². The van der Waals surface area contributed by atoms with Gasteiger partial charge in [-0.3, -0.25) is 14.4 Å². The van der Waals surface area contributed by atoms with Crippen LogP contribution < -0.4 is 19.7 Å². The Morgan fingerprint density at radius 2 is 1.93 bits per heavy atom. The normalized spacial score (nSPS) is 19.0. The van der Waals surface area contributed by atoms with Crippen LogP contribution in [0.1, 0.15) is 19.3 Å². The Labute approximate surface area is 161 Å². The second-order valence-corrected chi connectivity index (χ2v) is 6.92. The summed E-state index contributed by atoms with van der Waals surface area (Å²) >= 11 is 6.16. The van der Waals surface area contributed by atoms with E-state index in [9.17, 15) is 14.4 Å². The first-order valence-corrected chi connectivity index (χ1v) is 8.98. The number of anilines is 1. The zero-order chi connectivity index (χ0) is 19.6. The van der Waals surface area contributed by atoms with Crippen molar-refractivity contribution in [1.82, 2.24) is 5.32 Å². The van der Waals surface area contributed by atoms with Gasteiger partial charge in [0.05, 0.1) is 30.8 Å². The third kappa shape index (κ3) is 4.44. The lowest BCUT2D eigenvalue weighted by Crippen LogP contribution is -2.32. The van der Waals surface area contributed by atoms with Crippen molar-refractivity contribution >= 4 is 35.1 Å². The highest BCUT2D eigenvalue weighted by atomic mass is 35.5. The Bertz CT molecular complexity index is 764. The largest absolute Gasteiger partial charge is 0.495 e. The zero-order valence-electron chi connectivity index (χ0n) is 15.1. The molecule has 1 heterocycles. The van der Waals surface area contributed by atoms with Crippen LogP contribution in [0.3, 0.4) is 0 Å². The molecule has 1 aromatic carbocycles. The maximum atomic E-state index is 12.4. The van der Waals surface area contributed by atoms with Crippen molar-refractivity contribution in [1.29, 1.82) is 0 Å². The molecule has 9 heteroatoms. The van der Waals surface area contributed by atoms with Crippen molar-refractivity contribution in [2.75, 3.05) is 32.3 Å². The topological polar surface area (TPSA) is 94.2 Å². The Balaban J connectivity index is 1.65. The molecule has 1 N–H and O–H groups in total. The summed E-state index contributed by atoms with van der Waals surface area (Å²) in [6, 6.07) is 3.35. The van der Waals surface area contributed by atoms with Gasteiger partial charge in [-0.2, -0.15) is 0 Å². The standard InChI is InChI=1S/C18H21ClN2O6/c1-25-14-7-15(26-2)13(6-12(14)19)21-8-10(5-17(21)23)18(24)27-9-16(22)20-11-3-4-11/h6-7,10-11H,3-5,8-9H2,1-2H3,(H,20,22)/t10-/m0/s1. The van der Waals surface area contributed by atoms with Crippen molar-refractivity contribution < 1.29 is 28.6 Å². The molecule has 0 aromatic heterocycles. The van der Waals surface area contributed by atoms with Gasteiger partial charge in [-0.25, -0.2) is 0 Å². The Morgan fingerprint density at radius 1 is 1.22 bits per heavy atom. The van der Waals surface area contributed by atoms with E-state index in [0.717, 1.165) is 12.8 Å². The molecule has 146 valence electrons. The average Bonchev–Trinajstić information content (AvgIpc) is 3.38. The SMILES string of the molecule is COc1cc(OC)c(N2C[C@@H](C(=O)OCC(=O)NC3CC3)CC2=O)cc1Cl. The maximum absolute atomic E-state index is 12.4. The first-order valence-electron chi connectivity index (χ1n) is 8.60. The van der Waals surface area contributed by atoms with Crippen molar-refractivity contribution in [3.63, 3.8) is 0 Å². The van der Waals surface area contributed by atoms with Crippen LogP contribution in [0.5, 0.6) is 11.5 Å². The summed E-state index contributed by atoms with van der Waals surface area (Å²) in [6.45, 7) is -0.210. The molecule has 1 atom stereocenters.